The number of esters is 1. The van der Waals surface area contributed by atoms with Gasteiger partial charge in [-0.1, -0.05) is 41.4 Å². The fourth-order valence-electron chi connectivity index (χ4n) is 4.82. The molecular weight excluding hydrogens is 585 g/mol. The van der Waals surface area contributed by atoms with Crippen LogP contribution in [0.1, 0.15) is 63.2 Å². The number of thioether (sulfide) groups is 1. The first-order chi connectivity index (χ1) is 19.7. The number of Topliss-reactive ketones (excluding diaryl/α,β-unsaturated/α-hetero) is 1. The SMILES string of the molecule is N#Cc1cc2c(nc1SC1CC(=O)N(c3ccc(C(=O)OCC(=O)c4ccc(Cl)cc4Cl)cc3)C1=O)CCCCC2. The number of halogens is 2. The number of hydrogen-bond donors (Lipinski definition) is 0. The molecule has 0 spiro atoms. The first kappa shape index (κ1) is 28.8. The molecule has 0 N–H and O–H groups in total. The van der Waals surface area contributed by atoms with Crippen molar-refractivity contribution in [3.8, 4) is 6.07 Å². The summed E-state index contributed by atoms with van der Waals surface area (Å²) < 4.78 is 5.13. The maximum atomic E-state index is 13.3. The molecule has 1 aliphatic carbocycles. The molecule has 1 atom stereocenters. The number of carbonyl (C=O) groups excluding carboxylic acids is 4. The Labute approximate surface area is 250 Å². The van der Waals surface area contributed by atoms with Crippen LogP contribution >= 0.6 is 35.0 Å². The molecule has 208 valence electrons. The van der Waals surface area contributed by atoms with Gasteiger partial charge >= 0.3 is 5.97 Å². The lowest BCUT2D eigenvalue weighted by Gasteiger charge is -2.16. The van der Waals surface area contributed by atoms with Crippen LogP contribution in [0.5, 0.6) is 0 Å². The number of fused-ring (bicyclic) bond motifs is 1. The zero-order valence-corrected chi connectivity index (χ0v) is 24.0. The number of aromatic nitrogens is 1. The maximum absolute atomic E-state index is 13.3. The van der Waals surface area contributed by atoms with Crippen molar-refractivity contribution in [2.75, 3.05) is 11.5 Å². The minimum absolute atomic E-state index is 0.0354. The summed E-state index contributed by atoms with van der Waals surface area (Å²) in [7, 11) is 0. The number of rotatable bonds is 7. The van der Waals surface area contributed by atoms with E-state index in [1.165, 1.54) is 42.5 Å². The van der Waals surface area contributed by atoms with Gasteiger partial charge < -0.3 is 4.74 Å². The minimum atomic E-state index is -0.749. The van der Waals surface area contributed by atoms with Crippen molar-refractivity contribution in [1.29, 1.82) is 5.26 Å². The summed E-state index contributed by atoms with van der Waals surface area (Å²) in [4.78, 5) is 56.8. The molecule has 1 aromatic heterocycles. The Bertz CT molecular complexity index is 1600. The summed E-state index contributed by atoms with van der Waals surface area (Å²) in [6, 6.07) is 14.2. The summed E-state index contributed by atoms with van der Waals surface area (Å²) in [5.74, 6) is -2.04. The molecule has 1 fully saturated rings. The molecule has 41 heavy (non-hydrogen) atoms. The number of hydrogen-bond acceptors (Lipinski definition) is 8. The van der Waals surface area contributed by atoms with Crippen molar-refractivity contribution < 1.29 is 23.9 Å². The minimum Gasteiger partial charge on any atom is -0.454 e. The quantitative estimate of drug-likeness (QED) is 0.139. The Balaban J connectivity index is 1.24. The van der Waals surface area contributed by atoms with E-state index in [0.717, 1.165) is 60.0 Å². The van der Waals surface area contributed by atoms with E-state index in [1.54, 1.807) is 0 Å². The third-order valence-corrected chi connectivity index (χ3v) is 8.66. The Morgan fingerprint density at radius 1 is 1.05 bits per heavy atom. The molecule has 2 amide bonds. The van der Waals surface area contributed by atoms with Gasteiger partial charge in [0.25, 0.3) is 0 Å². The van der Waals surface area contributed by atoms with Gasteiger partial charge in [0.2, 0.25) is 17.6 Å². The van der Waals surface area contributed by atoms with Crippen LogP contribution in [0.25, 0.3) is 0 Å². The first-order valence-corrected chi connectivity index (χ1v) is 14.6. The number of amides is 2. The highest BCUT2D eigenvalue weighted by Crippen LogP contribution is 2.36. The van der Waals surface area contributed by atoms with Crippen molar-refractivity contribution in [1.82, 2.24) is 4.98 Å². The zero-order valence-electron chi connectivity index (χ0n) is 21.7. The number of ether oxygens (including phenoxy) is 1. The van der Waals surface area contributed by atoms with Gasteiger partial charge in [-0.25, -0.2) is 14.7 Å². The van der Waals surface area contributed by atoms with E-state index in [9.17, 15) is 24.4 Å². The number of pyridine rings is 1. The monoisotopic (exact) mass is 607 g/mol. The van der Waals surface area contributed by atoms with Gasteiger partial charge in [0.05, 0.1) is 27.1 Å². The maximum Gasteiger partial charge on any atom is 0.338 e. The summed E-state index contributed by atoms with van der Waals surface area (Å²) in [5, 5.41) is 9.97. The lowest BCUT2D eigenvalue weighted by atomic mass is 10.1. The molecule has 11 heteroatoms. The van der Waals surface area contributed by atoms with Crippen LogP contribution in [0.3, 0.4) is 0 Å². The van der Waals surface area contributed by atoms with E-state index in [1.807, 2.05) is 6.07 Å². The van der Waals surface area contributed by atoms with Crippen LogP contribution in [0.4, 0.5) is 5.69 Å². The molecule has 0 bridgehead atoms. The second kappa shape index (κ2) is 12.4. The van der Waals surface area contributed by atoms with E-state index < -0.39 is 29.5 Å². The molecular formula is C30H23Cl2N3O5S. The van der Waals surface area contributed by atoms with Crippen molar-refractivity contribution in [3.05, 3.63) is 86.5 Å². The molecule has 5 rings (SSSR count). The predicted octanol–water partition coefficient (Wildman–Crippen LogP) is 5.99. The Morgan fingerprint density at radius 2 is 1.80 bits per heavy atom. The average Bonchev–Trinajstić information content (AvgIpc) is 3.10. The van der Waals surface area contributed by atoms with E-state index in [-0.39, 0.29) is 28.5 Å². The molecule has 1 saturated heterocycles. The lowest BCUT2D eigenvalue weighted by molar-refractivity contribution is -0.121. The van der Waals surface area contributed by atoms with Crippen molar-refractivity contribution in [3.63, 3.8) is 0 Å². The third kappa shape index (κ3) is 6.30. The van der Waals surface area contributed by atoms with Gasteiger partial charge in [-0.15, -0.1) is 0 Å². The fraction of sp³-hybridized carbons (Fsp3) is 0.267. The van der Waals surface area contributed by atoms with Gasteiger partial charge in [0, 0.05) is 22.7 Å². The second-order valence-corrected chi connectivity index (χ2v) is 11.7. The number of imide groups is 1. The van der Waals surface area contributed by atoms with Crippen LogP contribution in [0, 0.1) is 11.3 Å². The fourth-order valence-corrected chi connectivity index (χ4v) is 6.43. The van der Waals surface area contributed by atoms with Crippen LogP contribution in [-0.4, -0.2) is 40.4 Å². The highest BCUT2D eigenvalue weighted by molar-refractivity contribution is 8.00. The summed E-state index contributed by atoms with van der Waals surface area (Å²) >= 11 is 13.0. The molecule has 2 aliphatic rings. The molecule has 0 radical (unpaired) electrons. The largest absolute Gasteiger partial charge is 0.454 e. The second-order valence-electron chi connectivity index (χ2n) is 9.67. The van der Waals surface area contributed by atoms with E-state index in [0.29, 0.717) is 21.3 Å². The van der Waals surface area contributed by atoms with E-state index in [2.05, 4.69) is 6.07 Å². The standard InChI is InChI=1S/C30H23Cl2N3O5S/c31-20-8-11-22(23(32)13-20)25(36)16-40-30(39)17-6-9-21(10-7-17)35-27(37)14-26(29(35)38)41-28-19(15-33)12-18-4-2-1-3-5-24(18)34-28/h6-13,26H,1-5,14,16H2. The molecule has 1 unspecified atom stereocenters. The molecule has 1 aliphatic heterocycles. The van der Waals surface area contributed by atoms with Crippen molar-refractivity contribution >= 4 is 64.2 Å². The highest BCUT2D eigenvalue weighted by Gasteiger charge is 2.41. The summed E-state index contributed by atoms with van der Waals surface area (Å²) in [5.41, 5.74) is 3.07. The Hall–Kier alpha value is -3.71. The van der Waals surface area contributed by atoms with Crippen LogP contribution in [0.15, 0.2) is 53.6 Å². The first-order valence-electron chi connectivity index (χ1n) is 13.0. The smallest absolute Gasteiger partial charge is 0.338 e. The molecule has 8 nitrogen and oxygen atoms in total. The van der Waals surface area contributed by atoms with Gasteiger partial charge in [0.1, 0.15) is 11.1 Å². The van der Waals surface area contributed by atoms with Gasteiger partial charge in [-0.2, -0.15) is 5.26 Å². The zero-order chi connectivity index (χ0) is 29.1. The van der Waals surface area contributed by atoms with E-state index >= 15 is 0 Å². The van der Waals surface area contributed by atoms with Crippen molar-refractivity contribution in [2.45, 2.75) is 48.8 Å². The van der Waals surface area contributed by atoms with Crippen molar-refractivity contribution in [2.24, 2.45) is 0 Å². The van der Waals surface area contributed by atoms with Gasteiger partial charge in [0.15, 0.2) is 6.61 Å². The molecule has 2 heterocycles. The van der Waals surface area contributed by atoms with E-state index in [4.69, 9.17) is 32.9 Å². The Morgan fingerprint density at radius 3 is 2.54 bits per heavy atom. The number of aryl methyl sites for hydroxylation is 2. The van der Waals surface area contributed by atoms with Crippen LogP contribution in [0.2, 0.25) is 10.0 Å². The number of nitriles is 1. The molecule has 3 aromatic rings. The number of benzene rings is 2. The number of carbonyl (C=O) groups is 4. The predicted molar refractivity (Wildman–Crippen MR) is 154 cm³/mol. The number of ketones is 1. The average molecular weight is 609 g/mol. The highest BCUT2D eigenvalue weighted by atomic mass is 35.5. The summed E-state index contributed by atoms with van der Waals surface area (Å²) in [6.45, 7) is -0.522. The topological polar surface area (TPSA) is 117 Å². The summed E-state index contributed by atoms with van der Waals surface area (Å²) in [6.07, 6.45) is 4.87. The van der Waals surface area contributed by atoms with Crippen LogP contribution < -0.4 is 4.90 Å². The van der Waals surface area contributed by atoms with Gasteiger partial charge in [-0.05, 0) is 79.8 Å². The van der Waals surface area contributed by atoms with Crippen LogP contribution in [-0.2, 0) is 27.2 Å². The number of nitrogens with zero attached hydrogens (tertiary/aromatic N) is 3. The molecule has 0 saturated carbocycles. The third-order valence-electron chi connectivity index (χ3n) is 6.92. The molecule has 2 aromatic carbocycles. The Kier molecular flexibility index (Phi) is 8.74. The lowest BCUT2D eigenvalue weighted by Crippen LogP contribution is -2.31. The van der Waals surface area contributed by atoms with Gasteiger partial charge in [-0.3, -0.25) is 14.4 Å². The number of anilines is 1. The normalized spacial score (nSPS) is 16.6.